The molecule has 0 aliphatic carbocycles. The monoisotopic (exact) mass is 418 g/mol. The third-order valence-corrected chi connectivity index (χ3v) is 5.39. The number of carboxylic acids is 1. The van der Waals surface area contributed by atoms with Gasteiger partial charge in [0, 0.05) is 12.4 Å². The molecule has 2 heterocycles. The van der Waals surface area contributed by atoms with Gasteiger partial charge in [0.25, 0.3) is 5.95 Å². The molecule has 4 rings (SSSR count). The van der Waals surface area contributed by atoms with Crippen LogP contribution in [-0.2, 0) is 9.59 Å². The number of aromatic nitrogens is 3. The van der Waals surface area contributed by atoms with E-state index in [1.165, 1.54) is 5.56 Å². The zero-order chi connectivity index (χ0) is 21.8. The van der Waals surface area contributed by atoms with E-state index in [0.29, 0.717) is 5.95 Å². The minimum absolute atomic E-state index is 0.0417. The second kappa shape index (κ2) is 8.99. The third kappa shape index (κ3) is 4.91. The summed E-state index contributed by atoms with van der Waals surface area (Å²) in [5.74, 6) is -0.710. The smallest absolute Gasteiger partial charge is 0.250 e. The molecule has 0 bridgehead atoms. The number of nitrogens with zero attached hydrogens (tertiary/aromatic N) is 3. The number of carbonyl (C=O) groups is 2. The van der Waals surface area contributed by atoms with Crippen LogP contribution >= 0.6 is 0 Å². The number of nitrogens with one attached hydrogen (secondary N) is 2. The largest absolute Gasteiger partial charge is 0.550 e. The Bertz CT molecular complexity index is 1060. The van der Waals surface area contributed by atoms with Gasteiger partial charge in [0.05, 0.1) is 12.1 Å². The molecule has 1 aliphatic heterocycles. The van der Waals surface area contributed by atoms with Gasteiger partial charge in [-0.25, -0.2) is 4.68 Å². The van der Waals surface area contributed by atoms with E-state index in [9.17, 15) is 14.7 Å². The van der Waals surface area contributed by atoms with E-state index in [-0.39, 0.29) is 43.2 Å². The molecule has 0 unspecified atom stereocenters. The highest BCUT2D eigenvalue weighted by Crippen LogP contribution is 2.38. The lowest BCUT2D eigenvalue weighted by atomic mass is 9.93. The summed E-state index contributed by atoms with van der Waals surface area (Å²) in [5, 5.41) is 21.2. The number of carbonyl (C=O) groups excluding carboxylic acids is 2. The van der Waals surface area contributed by atoms with Crippen LogP contribution in [0.15, 0.2) is 54.6 Å². The summed E-state index contributed by atoms with van der Waals surface area (Å²) < 4.78 is 1.80. The Morgan fingerprint density at radius 1 is 1.10 bits per heavy atom. The van der Waals surface area contributed by atoms with E-state index in [1.54, 1.807) is 4.68 Å². The quantitative estimate of drug-likeness (QED) is 0.610. The number of hydrogen-bond donors (Lipinski definition) is 2. The van der Waals surface area contributed by atoms with Crippen LogP contribution < -0.4 is 15.7 Å². The van der Waals surface area contributed by atoms with E-state index in [1.807, 2.05) is 18.2 Å². The van der Waals surface area contributed by atoms with Crippen LogP contribution in [0.5, 0.6) is 0 Å². The maximum absolute atomic E-state index is 12.1. The first-order valence-electron chi connectivity index (χ1n) is 10.3. The molecule has 0 saturated heterocycles. The van der Waals surface area contributed by atoms with Crippen molar-refractivity contribution in [3.63, 3.8) is 0 Å². The van der Waals surface area contributed by atoms with Gasteiger partial charge in [-0.15, -0.1) is 5.10 Å². The third-order valence-electron chi connectivity index (χ3n) is 5.39. The fourth-order valence-corrected chi connectivity index (χ4v) is 3.78. The first-order chi connectivity index (χ1) is 15.0. The number of aliphatic carboxylic acids is 1. The summed E-state index contributed by atoms with van der Waals surface area (Å²) >= 11 is 0. The zero-order valence-electron chi connectivity index (χ0n) is 17.2. The maximum atomic E-state index is 12.1. The van der Waals surface area contributed by atoms with E-state index in [2.05, 4.69) is 64.0 Å². The lowest BCUT2D eigenvalue weighted by Gasteiger charge is -2.31. The highest BCUT2D eigenvalue weighted by Gasteiger charge is 2.31. The lowest BCUT2D eigenvalue weighted by molar-refractivity contribution is -0.305. The van der Waals surface area contributed by atoms with E-state index in [4.69, 9.17) is 0 Å². The highest BCUT2D eigenvalue weighted by atomic mass is 16.4. The van der Waals surface area contributed by atoms with Gasteiger partial charge < -0.3 is 15.2 Å². The second-order valence-electron chi connectivity index (χ2n) is 7.75. The van der Waals surface area contributed by atoms with Crippen LogP contribution in [0, 0.1) is 6.92 Å². The van der Waals surface area contributed by atoms with Gasteiger partial charge in [0.2, 0.25) is 11.9 Å². The number of anilines is 2. The molecule has 1 aromatic heterocycles. The Morgan fingerprint density at radius 3 is 2.55 bits per heavy atom. The van der Waals surface area contributed by atoms with Crippen molar-refractivity contribution in [2.24, 2.45) is 0 Å². The zero-order valence-corrected chi connectivity index (χ0v) is 17.2. The first-order valence-corrected chi connectivity index (χ1v) is 10.3. The molecule has 2 atom stereocenters. The van der Waals surface area contributed by atoms with Crippen molar-refractivity contribution >= 4 is 23.8 Å². The molecule has 8 heteroatoms. The normalized spacial score (nSPS) is 17.5. The van der Waals surface area contributed by atoms with Gasteiger partial charge in [-0.3, -0.25) is 10.1 Å². The van der Waals surface area contributed by atoms with Crippen molar-refractivity contribution in [2.45, 2.75) is 44.7 Å². The number of amides is 1. The molecule has 8 nitrogen and oxygen atoms in total. The summed E-state index contributed by atoms with van der Waals surface area (Å²) in [7, 11) is 0. The fourth-order valence-electron chi connectivity index (χ4n) is 3.78. The molecular weight excluding hydrogens is 394 g/mol. The minimum atomic E-state index is -1.17. The van der Waals surface area contributed by atoms with Crippen molar-refractivity contribution in [1.29, 1.82) is 0 Å². The van der Waals surface area contributed by atoms with Crippen molar-refractivity contribution < 1.29 is 14.7 Å². The van der Waals surface area contributed by atoms with E-state index >= 15 is 0 Å². The van der Waals surface area contributed by atoms with Crippen LogP contribution in [0.3, 0.4) is 0 Å². The van der Waals surface area contributed by atoms with Gasteiger partial charge >= 0.3 is 0 Å². The van der Waals surface area contributed by atoms with Crippen LogP contribution in [0.25, 0.3) is 0 Å². The predicted octanol–water partition coefficient (Wildman–Crippen LogP) is 2.59. The van der Waals surface area contributed by atoms with Crippen LogP contribution in [0.4, 0.5) is 11.9 Å². The fraction of sp³-hybridized carbons (Fsp3) is 0.304. The average Bonchev–Trinajstić information content (AvgIpc) is 3.16. The SMILES string of the molecule is Cc1ccc([C@H]2C[C@H](c3ccccc3)n3nc(NC(=O)CCCC(=O)[O-])nc3N2)cc1. The predicted molar refractivity (Wildman–Crippen MR) is 114 cm³/mol. The molecule has 0 radical (unpaired) electrons. The van der Waals surface area contributed by atoms with Crippen molar-refractivity contribution in [2.75, 3.05) is 10.6 Å². The van der Waals surface area contributed by atoms with Crippen molar-refractivity contribution in [3.8, 4) is 0 Å². The molecule has 3 aromatic rings. The molecule has 2 aromatic carbocycles. The standard InChI is InChI=1S/C23H25N5O3/c1-15-10-12-16(13-11-15)18-14-19(17-6-3-2-4-7-17)28-23(24-18)26-22(27-28)25-20(29)8-5-9-21(30)31/h2-4,6-7,10-13,18-19H,5,8-9,14H2,1H3,(H,30,31)(H2,24,25,26,27,29)/p-1/t18-,19-/m1/s1. The summed E-state index contributed by atoms with van der Waals surface area (Å²) in [6, 6.07) is 18.5. The van der Waals surface area contributed by atoms with Gasteiger partial charge in [-0.1, -0.05) is 60.2 Å². The number of rotatable bonds is 7. The number of fused-ring (bicyclic) bond motifs is 1. The van der Waals surface area contributed by atoms with Crippen molar-refractivity contribution in [3.05, 3.63) is 71.3 Å². The van der Waals surface area contributed by atoms with E-state index in [0.717, 1.165) is 17.5 Å². The topological polar surface area (TPSA) is 112 Å². The molecular formula is C23H24N5O3-. The van der Waals surface area contributed by atoms with Gasteiger partial charge in [0.1, 0.15) is 0 Å². The van der Waals surface area contributed by atoms with Crippen LogP contribution in [0.1, 0.15) is 54.5 Å². The van der Waals surface area contributed by atoms with Gasteiger partial charge in [0.15, 0.2) is 0 Å². The molecule has 0 spiro atoms. The Morgan fingerprint density at radius 2 is 1.84 bits per heavy atom. The Labute approximate surface area is 180 Å². The highest BCUT2D eigenvalue weighted by molar-refractivity contribution is 5.89. The number of hydrogen-bond acceptors (Lipinski definition) is 6. The molecule has 1 amide bonds. The Hall–Kier alpha value is -3.68. The molecule has 160 valence electrons. The molecule has 0 fully saturated rings. The minimum Gasteiger partial charge on any atom is -0.550 e. The molecule has 31 heavy (non-hydrogen) atoms. The Kier molecular flexibility index (Phi) is 5.97. The summed E-state index contributed by atoms with van der Waals surface area (Å²) in [6.07, 6.45) is 0.903. The van der Waals surface area contributed by atoms with Crippen LogP contribution in [-0.4, -0.2) is 26.6 Å². The van der Waals surface area contributed by atoms with Crippen LogP contribution in [0.2, 0.25) is 0 Å². The summed E-state index contributed by atoms with van der Waals surface area (Å²) in [6.45, 7) is 2.06. The lowest BCUT2D eigenvalue weighted by Crippen LogP contribution is -2.28. The first kappa shape index (κ1) is 20.6. The number of carboxylic acid groups (broad SMARTS) is 1. The molecule has 1 aliphatic rings. The van der Waals surface area contributed by atoms with Gasteiger partial charge in [-0.05, 0) is 37.3 Å². The summed E-state index contributed by atoms with van der Waals surface area (Å²) in [4.78, 5) is 27.2. The number of benzene rings is 2. The molecule has 0 saturated carbocycles. The molecule has 2 N–H and O–H groups in total. The number of aryl methyl sites for hydroxylation is 1. The second-order valence-corrected chi connectivity index (χ2v) is 7.75. The van der Waals surface area contributed by atoms with Crippen molar-refractivity contribution in [1.82, 2.24) is 14.8 Å². The Balaban J connectivity index is 1.58. The van der Waals surface area contributed by atoms with Gasteiger partial charge in [-0.2, -0.15) is 4.98 Å². The van der Waals surface area contributed by atoms with E-state index < -0.39 is 5.97 Å². The average molecular weight is 418 g/mol. The maximum Gasteiger partial charge on any atom is 0.250 e. The summed E-state index contributed by atoms with van der Waals surface area (Å²) in [5.41, 5.74) is 3.47.